The van der Waals surface area contributed by atoms with E-state index < -0.39 is 30.2 Å². The third-order valence-electron chi connectivity index (χ3n) is 2.36. The lowest BCUT2D eigenvalue weighted by atomic mass is 10.1. The highest BCUT2D eigenvalue weighted by molar-refractivity contribution is 5.95. The van der Waals surface area contributed by atoms with Crippen molar-refractivity contribution in [1.82, 2.24) is 5.32 Å². The number of nitrogens with two attached hydrogens (primary N) is 2. The molecule has 6 N–H and O–H groups in total. The summed E-state index contributed by atoms with van der Waals surface area (Å²) in [4.78, 5) is 33.1. The fourth-order valence-electron chi connectivity index (χ4n) is 1.46. The van der Waals surface area contributed by atoms with Crippen LogP contribution in [0.5, 0.6) is 0 Å². The van der Waals surface area contributed by atoms with Crippen LogP contribution in [0.25, 0.3) is 6.08 Å². The minimum Gasteiger partial charge on any atom is -0.480 e. The fourth-order valence-corrected chi connectivity index (χ4v) is 1.46. The third kappa shape index (κ3) is 5.21. The Balaban J connectivity index is 2.66. The summed E-state index contributed by atoms with van der Waals surface area (Å²) < 4.78 is 0. The average Bonchev–Trinajstić information content (AvgIpc) is 2.35. The first-order chi connectivity index (χ1) is 9.38. The lowest BCUT2D eigenvalue weighted by molar-refractivity contribution is -0.142. The second kappa shape index (κ2) is 6.93. The van der Waals surface area contributed by atoms with Crippen molar-refractivity contribution in [3.05, 3.63) is 35.9 Å². The van der Waals surface area contributed by atoms with Gasteiger partial charge in [0.05, 0.1) is 6.42 Å². The van der Waals surface area contributed by atoms with Crippen LogP contribution >= 0.6 is 0 Å². The van der Waals surface area contributed by atoms with E-state index in [0.717, 1.165) is 6.08 Å². The van der Waals surface area contributed by atoms with Crippen molar-refractivity contribution < 1.29 is 19.5 Å². The molecule has 7 nitrogen and oxygen atoms in total. The van der Waals surface area contributed by atoms with Gasteiger partial charge in [0.1, 0.15) is 6.04 Å². The highest BCUT2D eigenvalue weighted by atomic mass is 16.4. The number of benzene rings is 1. The summed E-state index contributed by atoms with van der Waals surface area (Å²) in [6.07, 6.45) is 2.17. The van der Waals surface area contributed by atoms with Crippen molar-refractivity contribution in [3.63, 3.8) is 0 Å². The van der Waals surface area contributed by atoms with Gasteiger partial charge in [0.2, 0.25) is 11.8 Å². The van der Waals surface area contributed by atoms with E-state index in [1.54, 1.807) is 24.3 Å². The predicted octanol–water partition coefficient (Wildman–Crippen LogP) is -0.273. The summed E-state index contributed by atoms with van der Waals surface area (Å²) in [5, 5.41) is 11.0. The van der Waals surface area contributed by atoms with Gasteiger partial charge in [0.25, 0.3) is 0 Å². The first-order valence-electron chi connectivity index (χ1n) is 5.73. The molecule has 0 heterocycles. The molecule has 0 aromatic heterocycles. The monoisotopic (exact) mass is 277 g/mol. The Labute approximate surface area is 115 Å². The van der Waals surface area contributed by atoms with Crippen molar-refractivity contribution in [2.45, 2.75) is 12.5 Å². The standard InChI is InChI=1S/C13H15N3O4/c14-9-3-1-2-8(6-9)4-5-12(18)16-10(13(19)20)7-11(15)17/h1-6,10H,7,14H2,(H2,15,17)(H,16,18)(H,19,20)/b5-4+. The summed E-state index contributed by atoms with van der Waals surface area (Å²) in [7, 11) is 0. The van der Waals surface area contributed by atoms with E-state index in [1.165, 1.54) is 6.08 Å². The number of rotatable bonds is 6. The van der Waals surface area contributed by atoms with Crippen LogP contribution in [-0.4, -0.2) is 28.9 Å². The molecule has 0 radical (unpaired) electrons. The number of nitrogens with one attached hydrogen (secondary N) is 1. The Bertz CT molecular complexity index is 554. The van der Waals surface area contributed by atoms with Crippen molar-refractivity contribution in [2.24, 2.45) is 5.73 Å². The topological polar surface area (TPSA) is 136 Å². The van der Waals surface area contributed by atoms with Crippen LogP contribution in [-0.2, 0) is 14.4 Å². The first-order valence-corrected chi connectivity index (χ1v) is 5.73. The maximum Gasteiger partial charge on any atom is 0.326 e. The lowest BCUT2D eigenvalue weighted by Gasteiger charge is -2.10. The molecule has 7 heteroatoms. The van der Waals surface area contributed by atoms with E-state index in [4.69, 9.17) is 16.6 Å². The zero-order valence-corrected chi connectivity index (χ0v) is 10.6. The molecule has 1 aromatic carbocycles. The van der Waals surface area contributed by atoms with Crippen LogP contribution in [0.2, 0.25) is 0 Å². The van der Waals surface area contributed by atoms with E-state index in [1.807, 2.05) is 0 Å². The van der Waals surface area contributed by atoms with E-state index in [9.17, 15) is 14.4 Å². The molecule has 0 saturated heterocycles. The summed E-state index contributed by atoms with van der Waals surface area (Å²) in [6.45, 7) is 0. The number of amides is 2. The predicted molar refractivity (Wildman–Crippen MR) is 73.3 cm³/mol. The van der Waals surface area contributed by atoms with Crippen LogP contribution in [0.4, 0.5) is 5.69 Å². The summed E-state index contributed by atoms with van der Waals surface area (Å²) >= 11 is 0. The number of carbonyl (C=O) groups excluding carboxylic acids is 2. The van der Waals surface area contributed by atoms with Crippen LogP contribution in [0, 0.1) is 0 Å². The lowest BCUT2D eigenvalue weighted by Crippen LogP contribution is -2.42. The Hall–Kier alpha value is -2.83. The molecule has 0 aliphatic rings. The molecule has 20 heavy (non-hydrogen) atoms. The molecule has 1 atom stereocenters. The normalized spacial score (nSPS) is 12.0. The first kappa shape index (κ1) is 15.2. The largest absolute Gasteiger partial charge is 0.480 e. The maximum atomic E-state index is 11.6. The van der Waals surface area contributed by atoms with Gasteiger partial charge in [-0.3, -0.25) is 9.59 Å². The highest BCUT2D eigenvalue weighted by Crippen LogP contribution is 2.07. The van der Waals surface area contributed by atoms with Gasteiger partial charge < -0.3 is 21.9 Å². The van der Waals surface area contributed by atoms with Crippen molar-refractivity contribution >= 4 is 29.5 Å². The summed E-state index contributed by atoms with van der Waals surface area (Å²) in [6, 6.07) is 5.47. The number of hydrogen-bond acceptors (Lipinski definition) is 4. The van der Waals surface area contributed by atoms with Crippen LogP contribution in [0.15, 0.2) is 30.3 Å². The van der Waals surface area contributed by atoms with Crippen molar-refractivity contribution in [3.8, 4) is 0 Å². The number of nitrogen functional groups attached to an aromatic ring is 1. The molecule has 0 aliphatic heterocycles. The van der Waals surface area contributed by atoms with Gasteiger partial charge in [0.15, 0.2) is 0 Å². The van der Waals surface area contributed by atoms with Gasteiger partial charge in [-0.05, 0) is 23.8 Å². The van der Waals surface area contributed by atoms with Crippen molar-refractivity contribution in [1.29, 1.82) is 0 Å². The number of aliphatic carboxylic acids is 1. The van der Waals surface area contributed by atoms with E-state index in [0.29, 0.717) is 11.3 Å². The second-order valence-corrected chi connectivity index (χ2v) is 4.07. The highest BCUT2D eigenvalue weighted by Gasteiger charge is 2.20. The molecule has 0 fully saturated rings. The van der Waals surface area contributed by atoms with E-state index >= 15 is 0 Å². The molecule has 0 aliphatic carbocycles. The van der Waals surface area contributed by atoms with Crippen molar-refractivity contribution in [2.75, 3.05) is 5.73 Å². The van der Waals surface area contributed by atoms with Gasteiger partial charge in [-0.1, -0.05) is 12.1 Å². The molecule has 1 aromatic rings. The number of carboxylic acids is 1. The summed E-state index contributed by atoms with van der Waals surface area (Å²) in [5.41, 5.74) is 11.7. The molecule has 0 saturated carbocycles. The molecular weight excluding hydrogens is 262 g/mol. The smallest absolute Gasteiger partial charge is 0.326 e. The third-order valence-corrected chi connectivity index (χ3v) is 2.36. The molecule has 0 bridgehead atoms. The van der Waals surface area contributed by atoms with Crippen LogP contribution in [0.3, 0.4) is 0 Å². The maximum absolute atomic E-state index is 11.6. The quantitative estimate of drug-likeness (QED) is 0.419. The van der Waals surface area contributed by atoms with Gasteiger partial charge in [-0.25, -0.2) is 4.79 Å². The SMILES string of the molecule is NC(=O)CC(NC(=O)/C=C/c1cccc(N)c1)C(=O)O. The molecule has 106 valence electrons. The van der Waals surface area contributed by atoms with Crippen LogP contribution < -0.4 is 16.8 Å². The van der Waals surface area contributed by atoms with Gasteiger partial charge in [0, 0.05) is 11.8 Å². The van der Waals surface area contributed by atoms with Gasteiger partial charge in [-0.15, -0.1) is 0 Å². The number of carboxylic acid groups (broad SMARTS) is 1. The fraction of sp³-hybridized carbons (Fsp3) is 0.154. The molecular formula is C13H15N3O4. The van der Waals surface area contributed by atoms with E-state index in [-0.39, 0.29) is 0 Å². The number of hydrogen-bond donors (Lipinski definition) is 4. The summed E-state index contributed by atoms with van der Waals surface area (Å²) in [5.74, 6) is -2.77. The number of primary amides is 1. The Morgan fingerprint density at radius 1 is 1.35 bits per heavy atom. The number of carbonyl (C=O) groups is 3. The van der Waals surface area contributed by atoms with Crippen LogP contribution in [0.1, 0.15) is 12.0 Å². The van der Waals surface area contributed by atoms with Gasteiger partial charge >= 0.3 is 5.97 Å². The Morgan fingerprint density at radius 3 is 2.60 bits per heavy atom. The zero-order chi connectivity index (χ0) is 15.1. The molecule has 2 amide bonds. The molecule has 1 unspecified atom stereocenters. The second-order valence-electron chi connectivity index (χ2n) is 4.07. The molecule has 1 rings (SSSR count). The van der Waals surface area contributed by atoms with Gasteiger partial charge in [-0.2, -0.15) is 0 Å². The minimum absolute atomic E-state index is 0.465. The Kier molecular flexibility index (Phi) is 5.28. The average molecular weight is 277 g/mol. The zero-order valence-electron chi connectivity index (χ0n) is 10.6. The minimum atomic E-state index is -1.34. The Morgan fingerprint density at radius 2 is 2.05 bits per heavy atom. The molecule has 0 spiro atoms. The number of anilines is 1. The van der Waals surface area contributed by atoms with E-state index in [2.05, 4.69) is 5.32 Å².